The fourth-order valence-corrected chi connectivity index (χ4v) is 5.84. The van der Waals surface area contributed by atoms with Gasteiger partial charge in [0.15, 0.2) is 0 Å². The van der Waals surface area contributed by atoms with Crippen molar-refractivity contribution in [3.05, 3.63) is 77.2 Å². The molecule has 3 rings (SSSR count). The van der Waals surface area contributed by atoms with Gasteiger partial charge in [0, 0.05) is 52.1 Å². The molecule has 1 heterocycles. The van der Waals surface area contributed by atoms with Crippen molar-refractivity contribution < 1.29 is 17.9 Å². The lowest BCUT2D eigenvalue weighted by atomic mass is 9.90. The van der Waals surface area contributed by atoms with Gasteiger partial charge in [-0.2, -0.15) is 4.31 Å². The number of aliphatic imine (C=N–C) groups is 1. The lowest BCUT2D eigenvalue weighted by Gasteiger charge is -2.39. The number of carbonyl (C=O) groups excluding carboxylic acids is 1. The summed E-state index contributed by atoms with van der Waals surface area (Å²) in [5, 5.41) is 6.13. The first kappa shape index (κ1) is 34.9. The van der Waals surface area contributed by atoms with E-state index >= 15 is 0 Å². The summed E-state index contributed by atoms with van der Waals surface area (Å²) in [4.78, 5) is 19.1. The average molecular weight is 601 g/mol. The van der Waals surface area contributed by atoms with E-state index in [1.807, 2.05) is 39.8 Å². The van der Waals surface area contributed by atoms with Gasteiger partial charge >= 0.3 is 0 Å². The highest BCUT2D eigenvalue weighted by Crippen LogP contribution is 2.40. The topological polar surface area (TPSA) is 129 Å². The maximum absolute atomic E-state index is 12.8. The predicted molar refractivity (Wildman–Crippen MR) is 172 cm³/mol. The van der Waals surface area contributed by atoms with Gasteiger partial charge in [-0.25, -0.2) is 8.42 Å². The number of allylic oxidation sites excluding steroid dienone is 3. The second-order valence-electron chi connectivity index (χ2n) is 9.83. The fourth-order valence-electron chi connectivity index (χ4n) is 5.01. The molecule has 4 N–H and O–H groups in total. The minimum Gasteiger partial charge on any atom is -0.405 e. The maximum atomic E-state index is 12.8. The van der Waals surface area contributed by atoms with Crippen LogP contribution in [0.1, 0.15) is 49.9 Å². The number of sulfonamides is 1. The Labute approximate surface area is 252 Å². The van der Waals surface area contributed by atoms with Gasteiger partial charge in [-0.15, -0.1) is 0 Å². The molecule has 1 aromatic rings. The van der Waals surface area contributed by atoms with Gasteiger partial charge in [-0.05, 0) is 60.9 Å². The molecule has 10 nitrogen and oxygen atoms in total. The smallest absolute Gasteiger partial charge is 0.246 e. The normalized spacial score (nSPS) is 20.2. The Morgan fingerprint density at radius 3 is 2.57 bits per heavy atom. The third kappa shape index (κ3) is 10.2. The van der Waals surface area contributed by atoms with E-state index in [1.54, 1.807) is 25.7 Å². The average Bonchev–Trinajstić information content (AvgIpc) is 3.14. The zero-order valence-corrected chi connectivity index (χ0v) is 26.7. The highest BCUT2D eigenvalue weighted by Gasteiger charge is 2.33. The Kier molecular flexibility index (Phi) is 14.7. The van der Waals surface area contributed by atoms with Crippen LogP contribution in [-0.2, 0) is 19.6 Å². The van der Waals surface area contributed by atoms with Crippen LogP contribution in [-0.4, -0.2) is 88.6 Å². The number of nitrogens with two attached hydrogens (primary N) is 1. The number of hydrogen-bond donors (Lipinski definition) is 3. The minimum absolute atomic E-state index is 0.0117. The molecule has 11 heteroatoms. The molecule has 1 saturated heterocycles. The molecule has 1 fully saturated rings. The largest absolute Gasteiger partial charge is 0.405 e. The Bertz CT molecular complexity index is 1280. The molecule has 0 aromatic heterocycles. The monoisotopic (exact) mass is 600 g/mol. The van der Waals surface area contributed by atoms with Gasteiger partial charge < -0.3 is 21.1 Å². The molecule has 232 valence electrons. The molecule has 0 saturated carbocycles. The van der Waals surface area contributed by atoms with Crippen molar-refractivity contribution >= 4 is 27.8 Å². The van der Waals surface area contributed by atoms with E-state index in [1.165, 1.54) is 16.8 Å². The van der Waals surface area contributed by atoms with Crippen molar-refractivity contribution in [1.82, 2.24) is 19.8 Å². The number of rotatable bonds is 11. The van der Waals surface area contributed by atoms with Crippen molar-refractivity contribution in [3.8, 4) is 0 Å². The molecule has 0 radical (unpaired) electrons. The summed E-state index contributed by atoms with van der Waals surface area (Å²) >= 11 is 0. The van der Waals surface area contributed by atoms with E-state index < -0.39 is 16.1 Å². The van der Waals surface area contributed by atoms with Crippen LogP contribution >= 0.6 is 0 Å². The molecule has 1 aliphatic carbocycles. The molecule has 0 spiro atoms. The third-order valence-corrected chi connectivity index (χ3v) is 8.23. The number of ether oxygens (including phenoxy) is 1. The summed E-state index contributed by atoms with van der Waals surface area (Å²) in [5.74, 6) is -0.221. The van der Waals surface area contributed by atoms with E-state index in [0.29, 0.717) is 39.2 Å². The van der Waals surface area contributed by atoms with Crippen LogP contribution in [0.15, 0.2) is 65.5 Å². The Morgan fingerprint density at radius 2 is 1.95 bits per heavy atom. The van der Waals surface area contributed by atoms with Crippen LogP contribution in [0.2, 0.25) is 0 Å². The number of fused-ring (bicyclic) bond motifs is 1. The molecule has 42 heavy (non-hydrogen) atoms. The number of amides is 1. The summed E-state index contributed by atoms with van der Waals surface area (Å²) in [6.45, 7) is 10.4. The first-order chi connectivity index (χ1) is 20.2. The first-order valence-electron chi connectivity index (χ1n) is 14.5. The second-order valence-corrected chi connectivity index (χ2v) is 11.8. The number of aryl methyl sites for hydroxylation is 1. The molecule has 2 atom stereocenters. The van der Waals surface area contributed by atoms with E-state index in [-0.39, 0.29) is 18.6 Å². The SMILES string of the molecule is CC.CCOCC(=O)NC(/C=C/NC=NC)C1=C/C(=C/C=C\N)CC(N2CCN(S(C)(=O)=O)CC2)c2ccc(C)cc21. The van der Waals surface area contributed by atoms with Crippen molar-refractivity contribution in [2.24, 2.45) is 10.7 Å². The van der Waals surface area contributed by atoms with Crippen LogP contribution in [0.4, 0.5) is 0 Å². The van der Waals surface area contributed by atoms with Gasteiger partial charge in [-0.1, -0.05) is 49.8 Å². The van der Waals surface area contributed by atoms with E-state index in [4.69, 9.17) is 10.5 Å². The molecule has 1 amide bonds. The first-order valence-corrected chi connectivity index (χ1v) is 16.3. The number of piperazine rings is 1. The lowest BCUT2D eigenvalue weighted by molar-refractivity contribution is -0.125. The number of nitrogens with one attached hydrogen (secondary N) is 2. The fraction of sp³-hybridized carbons (Fsp3) is 0.484. The number of nitrogens with zero attached hydrogens (tertiary/aromatic N) is 3. The molecule has 2 unspecified atom stereocenters. The zero-order valence-electron chi connectivity index (χ0n) is 25.8. The highest BCUT2D eigenvalue weighted by molar-refractivity contribution is 7.88. The van der Waals surface area contributed by atoms with Crippen LogP contribution in [0.3, 0.4) is 0 Å². The van der Waals surface area contributed by atoms with Crippen molar-refractivity contribution in [1.29, 1.82) is 0 Å². The Hall–Kier alpha value is -3.25. The third-order valence-electron chi connectivity index (χ3n) is 6.93. The predicted octanol–water partition coefficient (Wildman–Crippen LogP) is 3.11. The number of carbonyl (C=O) groups is 1. The van der Waals surface area contributed by atoms with Crippen LogP contribution in [0.5, 0.6) is 0 Å². The molecular weight excluding hydrogens is 552 g/mol. The van der Waals surface area contributed by atoms with E-state index in [0.717, 1.165) is 27.8 Å². The molecular formula is C31H48N6O4S. The van der Waals surface area contributed by atoms with Gasteiger partial charge in [-0.3, -0.25) is 14.7 Å². The van der Waals surface area contributed by atoms with E-state index in [2.05, 4.69) is 44.8 Å². The second kappa shape index (κ2) is 17.6. The zero-order chi connectivity index (χ0) is 31.1. The molecule has 2 aliphatic rings. The highest BCUT2D eigenvalue weighted by atomic mass is 32.2. The Balaban J connectivity index is 0.00000301. The molecule has 0 bridgehead atoms. The van der Waals surface area contributed by atoms with Gasteiger partial charge in [0.1, 0.15) is 6.61 Å². The molecule has 1 aromatic carbocycles. The summed E-state index contributed by atoms with van der Waals surface area (Å²) in [6, 6.07) is 5.95. The van der Waals surface area contributed by atoms with Crippen LogP contribution in [0, 0.1) is 6.92 Å². The number of hydrogen-bond acceptors (Lipinski definition) is 7. The van der Waals surface area contributed by atoms with Gasteiger partial charge in [0.25, 0.3) is 0 Å². The minimum atomic E-state index is -3.24. The van der Waals surface area contributed by atoms with Crippen molar-refractivity contribution in [3.63, 3.8) is 0 Å². The summed E-state index contributed by atoms with van der Waals surface area (Å²) in [5.41, 5.74) is 10.9. The summed E-state index contributed by atoms with van der Waals surface area (Å²) < 4.78 is 31.2. The summed E-state index contributed by atoms with van der Waals surface area (Å²) in [6.07, 6.45) is 14.6. The van der Waals surface area contributed by atoms with Crippen molar-refractivity contribution in [2.75, 3.05) is 52.7 Å². The van der Waals surface area contributed by atoms with Gasteiger partial charge in [0.05, 0.1) is 18.6 Å². The summed E-state index contributed by atoms with van der Waals surface area (Å²) in [7, 11) is -1.57. The molecule has 1 aliphatic heterocycles. The maximum Gasteiger partial charge on any atom is 0.246 e. The van der Waals surface area contributed by atoms with E-state index in [9.17, 15) is 13.2 Å². The number of benzene rings is 1. The van der Waals surface area contributed by atoms with Gasteiger partial charge in [0.2, 0.25) is 15.9 Å². The standard InChI is InChI=1S/C29H42N6O4S.C2H6/c1-5-39-20-29(36)33-27(10-12-32-21-31-3)26-18-23(7-6-11-30)19-28(24-9-8-22(2)17-25(24)26)34-13-15-35(16-14-34)40(4,37)38;1-2/h6-12,17-18,21,27-28H,5,13-16,19-20,30H2,1-4H3,(H,31,32)(H,33,36);1-2H3/b11-6-,12-10+,23-7-;. The van der Waals surface area contributed by atoms with Crippen LogP contribution < -0.4 is 16.4 Å². The Morgan fingerprint density at radius 1 is 1.24 bits per heavy atom. The van der Waals surface area contributed by atoms with Crippen molar-refractivity contribution in [2.45, 2.75) is 46.2 Å². The lowest BCUT2D eigenvalue weighted by Crippen LogP contribution is -2.49. The quantitative estimate of drug-likeness (QED) is 0.263. The van der Waals surface area contributed by atoms with Crippen LogP contribution in [0.25, 0.3) is 5.57 Å².